The highest BCUT2D eigenvalue weighted by atomic mass is 16.2. The molecule has 8 nitrogen and oxygen atoms in total. The van der Waals surface area contributed by atoms with E-state index in [4.69, 9.17) is 0 Å². The Morgan fingerprint density at radius 3 is 2.28 bits per heavy atom. The van der Waals surface area contributed by atoms with Crippen LogP contribution in [-0.4, -0.2) is 45.2 Å². The standard InChI is InChI=1S/C24H35N5O3/c1-14(2)20(22(32)25-15-12-23(3,4)29-24(5,6)13-15)26-19(30)11-18-16-9-7-8-10-17(16)21(31)28-27-18/h7-10,14-15,20,29H,11-13H2,1-6H3,(H,25,32)(H,26,30)(H,28,31). The van der Waals surface area contributed by atoms with Gasteiger partial charge in [-0.25, -0.2) is 5.10 Å². The number of nitrogens with zero attached hydrogens (tertiary/aromatic N) is 1. The number of fused-ring (bicyclic) bond motifs is 1. The number of aromatic nitrogens is 2. The van der Waals surface area contributed by atoms with Gasteiger partial charge >= 0.3 is 0 Å². The van der Waals surface area contributed by atoms with Gasteiger partial charge in [0.25, 0.3) is 5.56 Å². The highest BCUT2D eigenvalue weighted by Gasteiger charge is 2.39. The molecule has 8 heteroatoms. The van der Waals surface area contributed by atoms with E-state index in [0.717, 1.165) is 12.8 Å². The van der Waals surface area contributed by atoms with E-state index in [1.165, 1.54) is 0 Å². The molecule has 0 spiro atoms. The lowest BCUT2D eigenvalue weighted by Crippen LogP contribution is -2.63. The lowest BCUT2D eigenvalue weighted by atomic mass is 9.79. The van der Waals surface area contributed by atoms with E-state index in [2.05, 4.69) is 53.8 Å². The largest absolute Gasteiger partial charge is 0.351 e. The van der Waals surface area contributed by atoms with Crippen molar-refractivity contribution in [3.8, 4) is 0 Å². The third-order valence-electron chi connectivity index (χ3n) is 5.91. The molecule has 174 valence electrons. The zero-order valence-corrected chi connectivity index (χ0v) is 19.8. The molecule has 1 aliphatic heterocycles. The maximum absolute atomic E-state index is 13.1. The minimum atomic E-state index is -0.655. The predicted molar refractivity (Wildman–Crippen MR) is 125 cm³/mol. The minimum absolute atomic E-state index is 0.0247. The molecule has 2 amide bonds. The molecule has 32 heavy (non-hydrogen) atoms. The van der Waals surface area contributed by atoms with Gasteiger partial charge in [-0.1, -0.05) is 32.0 Å². The Labute approximate surface area is 188 Å². The van der Waals surface area contributed by atoms with Crippen molar-refractivity contribution in [3.63, 3.8) is 0 Å². The van der Waals surface area contributed by atoms with E-state index >= 15 is 0 Å². The number of hydrogen-bond acceptors (Lipinski definition) is 5. The van der Waals surface area contributed by atoms with Gasteiger partial charge in [-0.2, -0.15) is 5.10 Å². The molecule has 0 aliphatic carbocycles. The van der Waals surface area contributed by atoms with Crippen LogP contribution in [0.2, 0.25) is 0 Å². The Kier molecular flexibility index (Phi) is 6.74. The lowest BCUT2D eigenvalue weighted by molar-refractivity contribution is -0.130. The van der Waals surface area contributed by atoms with Crippen LogP contribution in [0.1, 0.15) is 60.1 Å². The fourth-order valence-corrected chi connectivity index (χ4v) is 4.93. The van der Waals surface area contributed by atoms with E-state index in [1.807, 2.05) is 13.8 Å². The number of H-pyrrole nitrogens is 1. The van der Waals surface area contributed by atoms with Crippen LogP contribution in [0.4, 0.5) is 0 Å². The molecule has 1 aromatic carbocycles. The Bertz CT molecular complexity index is 1040. The zero-order chi connectivity index (χ0) is 23.7. The number of benzene rings is 1. The third-order valence-corrected chi connectivity index (χ3v) is 5.91. The van der Waals surface area contributed by atoms with Crippen molar-refractivity contribution in [2.45, 2.75) is 84.0 Å². The van der Waals surface area contributed by atoms with E-state index in [9.17, 15) is 14.4 Å². The summed E-state index contributed by atoms with van der Waals surface area (Å²) in [6.07, 6.45) is 1.60. The Balaban J connectivity index is 1.70. The minimum Gasteiger partial charge on any atom is -0.351 e. The topological polar surface area (TPSA) is 116 Å². The highest BCUT2D eigenvalue weighted by molar-refractivity contribution is 5.91. The Hall–Kier alpha value is -2.74. The van der Waals surface area contributed by atoms with Gasteiger partial charge in [0, 0.05) is 22.5 Å². The smallest absolute Gasteiger partial charge is 0.272 e. The fourth-order valence-electron chi connectivity index (χ4n) is 4.93. The number of nitrogens with one attached hydrogen (secondary N) is 4. The summed E-state index contributed by atoms with van der Waals surface area (Å²) in [5, 5.41) is 17.3. The first-order chi connectivity index (χ1) is 14.9. The molecule has 1 aliphatic rings. The summed E-state index contributed by atoms with van der Waals surface area (Å²) in [4.78, 5) is 37.9. The summed E-state index contributed by atoms with van der Waals surface area (Å²) in [6, 6.07) is 6.41. The van der Waals surface area contributed by atoms with Gasteiger partial charge in [-0.15, -0.1) is 0 Å². The monoisotopic (exact) mass is 441 g/mol. The van der Waals surface area contributed by atoms with Crippen molar-refractivity contribution >= 4 is 22.6 Å². The second-order valence-corrected chi connectivity index (χ2v) is 10.5. The number of aromatic amines is 1. The van der Waals surface area contributed by atoms with E-state index in [1.54, 1.807) is 24.3 Å². The summed E-state index contributed by atoms with van der Waals surface area (Å²) in [5.41, 5.74) is -0.0000362. The van der Waals surface area contributed by atoms with Crippen molar-refractivity contribution < 1.29 is 9.59 Å². The summed E-state index contributed by atoms with van der Waals surface area (Å²) >= 11 is 0. The quantitative estimate of drug-likeness (QED) is 0.547. The number of carbonyl (C=O) groups is 2. The van der Waals surface area contributed by atoms with E-state index < -0.39 is 6.04 Å². The molecule has 2 heterocycles. The molecule has 1 atom stereocenters. The molecule has 1 aromatic heterocycles. The molecule has 0 radical (unpaired) electrons. The molecule has 1 unspecified atom stereocenters. The summed E-state index contributed by atoms with van der Waals surface area (Å²) in [5.74, 6) is -0.567. The van der Waals surface area contributed by atoms with Gasteiger partial charge in [0.05, 0.1) is 17.5 Å². The van der Waals surface area contributed by atoms with Crippen molar-refractivity contribution in [1.82, 2.24) is 26.1 Å². The molecule has 0 saturated carbocycles. The van der Waals surface area contributed by atoms with Crippen LogP contribution in [0.15, 0.2) is 29.1 Å². The molecule has 1 saturated heterocycles. The van der Waals surface area contributed by atoms with Crippen molar-refractivity contribution in [3.05, 3.63) is 40.3 Å². The van der Waals surface area contributed by atoms with Crippen LogP contribution in [0.3, 0.4) is 0 Å². The molecule has 4 N–H and O–H groups in total. The number of amides is 2. The van der Waals surface area contributed by atoms with Gasteiger partial charge < -0.3 is 16.0 Å². The summed E-state index contributed by atoms with van der Waals surface area (Å²) in [7, 11) is 0. The third kappa shape index (κ3) is 5.73. The van der Waals surface area contributed by atoms with Crippen molar-refractivity contribution in [2.24, 2.45) is 5.92 Å². The van der Waals surface area contributed by atoms with E-state index in [0.29, 0.717) is 16.5 Å². The summed E-state index contributed by atoms with van der Waals surface area (Å²) in [6.45, 7) is 12.4. The Morgan fingerprint density at radius 1 is 1.09 bits per heavy atom. The van der Waals surface area contributed by atoms with Gasteiger partial charge in [0.15, 0.2) is 0 Å². The van der Waals surface area contributed by atoms with Crippen LogP contribution in [0.5, 0.6) is 0 Å². The van der Waals surface area contributed by atoms with Gasteiger partial charge in [-0.3, -0.25) is 14.4 Å². The maximum atomic E-state index is 13.1. The molecular formula is C24H35N5O3. The fraction of sp³-hybridized carbons (Fsp3) is 0.583. The average Bonchev–Trinajstić information content (AvgIpc) is 2.65. The van der Waals surface area contributed by atoms with E-state index in [-0.39, 0.29) is 46.8 Å². The number of piperidine rings is 1. The van der Waals surface area contributed by atoms with Crippen molar-refractivity contribution in [2.75, 3.05) is 0 Å². The molecule has 2 aromatic rings. The predicted octanol–water partition coefficient (Wildman–Crippen LogP) is 2.03. The summed E-state index contributed by atoms with van der Waals surface area (Å²) < 4.78 is 0. The molecular weight excluding hydrogens is 406 g/mol. The lowest BCUT2D eigenvalue weighted by Gasteiger charge is -2.47. The van der Waals surface area contributed by atoms with Crippen LogP contribution in [-0.2, 0) is 16.0 Å². The average molecular weight is 442 g/mol. The maximum Gasteiger partial charge on any atom is 0.272 e. The van der Waals surface area contributed by atoms with Crippen LogP contribution in [0.25, 0.3) is 10.8 Å². The number of carbonyl (C=O) groups excluding carboxylic acids is 2. The number of hydrogen-bond donors (Lipinski definition) is 4. The first-order valence-electron chi connectivity index (χ1n) is 11.2. The Morgan fingerprint density at radius 2 is 1.69 bits per heavy atom. The highest BCUT2D eigenvalue weighted by Crippen LogP contribution is 2.28. The van der Waals surface area contributed by atoms with Crippen LogP contribution < -0.4 is 21.5 Å². The van der Waals surface area contributed by atoms with Crippen LogP contribution >= 0.6 is 0 Å². The van der Waals surface area contributed by atoms with Crippen molar-refractivity contribution in [1.29, 1.82) is 0 Å². The zero-order valence-electron chi connectivity index (χ0n) is 19.8. The SMILES string of the molecule is CC(C)C(NC(=O)Cc1n[nH]c(=O)c2ccccc12)C(=O)NC1CC(C)(C)NC(C)(C)C1. The normalized spacial score (nSPS) is 19.0. The first kappa shape index (κ1) is 23.9. The number of rotatable bonds is 6. The second kappa shape index (κ2) is 9.02. The van der Waals surface area contributed by atoms with Gasteiger partial charge in [0.2, 0.25) is 11.8 Å². The molecule has 3 rings (SSSR count). The second-order valence-electron chi connectivity index (χ2n) is 10.5. The molecule has 0 bridgehead atoms. The molecule has 1 fully saturated rings. The first-order valence-corrected chi connectivity index (χ1v) is 11.2. The van der Waals surface area contributed by atoms with Gasteiger partial charge in [-0.05, 0) is 52.5 Å². The van der Waals surface area contributed by atoms with Crippen LogP contribution in [0, 0.1) is 5.92 Å². The van der Waals surface area contributed by atoms with Gasteiger partial charge in [0.1, 0.15) is 6.04 Å².